The van der Waals surface area contributed by atoms with Crippen molar-refractivity contribution < 1.29 is 4.74 Å². The van der Waals surface area contributed by atoms with Crippen molar-refractivity contribution in [1.29, 1.82) is 0 Å². The molecule has 3 rings (SSSR count). The molecule has 0 aromatic carbocycles. The topological polar surface area (TPSA) is 24.5 Å². The van der Waals surface area contributed by atoms with Gasteiger partial charge >= 0.3 is 0 Å². The minimum Gasteiger partial charge on any atom is -0.381 e. The molecule has 3 fully saturated rings. The van der Waals surface area contributed by atoms with E-state index in [1.165, 1.54) is 51.7 Å². The SMILES string of the molecule is CC1CNC2(CCCC2)CN1CC1CCOC1. The Morgan fingerprint density at radius 3 is 2.88 bits per heavy atom. The summed E-state index contributed by atoms with van der Waals surface area (Å²) in [5, 5.41) is 3.83. The van der Waals surface area contributed by atoms with Gasteiger partial charge in [0.25, 0.3) is 0 Å². The fraction of sp³-hybridized carbons (Fsp3) is 1.00. The van der Waals surface area contributed by atoms with Crippen LogP contribution in [0.1, 0.15) is 39.0 Å². The minimum absolute atomic E-state index is 0.464. The Morgan fingerprint density at radius 2 is 2.18 bits per heavy atom. The second-order valence-electron chi connectivity index (χ2n) is 6.38. The number of hydrogen-bond acceptors (Lipinski definition) is 3. The molecular formula is C14H26N2O. The van der Waals surface area contributed by atoms with Crippen molar-refractivity contribution in [2.24, 2.45) is 5.92 Å². The van der Waals surface area contributed by atoms with Crippen LogP contribution in [-0.4, -0.2) is 49.3 Å². The highest BCUT2D eigenvalue weighted by Gasteiger charge is 2.40. The molecule has 1 spiro atoms. The largest absolute Gasteiger partial charge is 0.381 e. The summed E-state index contributed by atoms with van der Waals surface area (Å²) in [6, 6.07) is 0.696. The molecule has 3 aliphatic rings. The van der Waals surface area contributed by atoms with Crippen LogP contribution in [0.2, 0.25) is 0 Å². The molecule has 3 nitrogen and oxygen atoms in total. The lowest BCUT2D eigenvalue weighted by Crippen LogP contribution is -2.63. The van der Waals surface area contributed by atoms with Gasteiger partial charge in [-0.2, -0.15) is 0 Å². The van der Waals surface area contributed by atoms with E-state index in [-0.39, 0.29) is 0 Å². The van der Waals surface area contributed by atoms with Crippen molar-refractivity contribution >= 4 is 0 Å². The highest BCUT2D eigenvalue weighted by Crippen LogP contribution is 2.33. The van der Waals surface area contributed by atoms with E-state index >= 15 is 0 Å². The van der Waals surface area contributed by atoms with Gasteiger partial charge < -0.3 is 10.1 Å². The van der Waals surface area contributed by atoms with Crippen LogP contribution in [-0.2, 0) is 4.74 Å². The van der Waals surface area contributed by atoms with Gasteiger partial charge in [-0.25, -0.2) is 0 Å². The molecule has 0 aromatic rings. The van der Waals surface area contributed by atoms with Gasteiger partial charge in [-0.1, -0.05) is 12.8 Å². The van der Waals surface area contributed by atoms with Gasteiger partial charge in [0.05, 0.1) is 6.61 Å². The molecule has 2 atom stereocenters. The van der Waals surface area contributed by atoms with Gasteiger partial charge in [-0.05, 0) is 32.1 Å². The van der Waals surface area contributed by atoms with Crippen LogP contribution in [0.5, 0.6) is 0 Å². The Kier molecular flexibility index (Phi) is 3.42. The lowest BCUT2D eigenvalue weighted by Gasteiger charge is -2.46. The van der Waals surface area contributed by atoms with Crippen LogP contribution in [0.25, 0.3) is 0 Å². The maximum atomic E-state index is 5.51. The summed E-state index contributed by atoms with van der Waals surface area (Å²) >= 11 is 0. The van der Waals surface area contributed by atoms with E-state index in [0.29, 0.717) is 11.6 Å². The van der Waals surface area contributed by atoms with Crippen molar-refractivity contribution in [1.82, 2.24) is 10.2 Å². The first-order chi connectivity index (χ1) is 8.27. The predicted molar refractivity (Wildman–Crippen MR) is 69.2 cm³/mol. The number of piperazine rings is 1. The van der Waals surface area contributed by atoms with E-state index in [4.69, 9.17) is 4.74 Å². The fourth-order valence-electron chi connectivity index (χ4n) is 3.78. The number of ether oxygens (including phenoxy) is 1. The molecule has 1 aliphatic carbocycles. The molecule has 2 aliphatic heterocycles. The Bertz CT molecular complexity index is 257. The highest BCUT2D eigenvalue weighted by molar-refractivity contribution is 5.00. The third-order valence-corrected chi connectivity index (χ3v) is 4.98. The summed E-state index contributed by atoms with van der Waals surface area (Å²) in [4.78, 5) is 2.72. The molecule has 0 radical (unpaired) electrons. The van der Waals surface area contributed by atoms with Crippen LogP contribution < -0.4 is 5.32 Å². The molecule has 0 bridgehead atoms. The van der Waals surface area contributed by atoms with E-state index in [9.17, 15) is 0 Å². The Hall–Kier alpha value is -0.120. The maximum absolute atomic E-state index is 5.51. The van der Waals surface area contributed by atoms with Gasteiger partial charge in [0.2, 0.25) is 0 Å². The smallest absolute Gasteiger partial charge is 0.0507 e. The minimum atomic E-state index is 0.464. The standard InChI is InChI=1S/C14H26N2O/c1-12-8-15-14(5-2-3-6-14)11-16(12)9-13-4-7-17-10-13/h12-13,15H,2-11H2,1H3. The first-order valence-corrected chi connectivity index (χ1v) is 7.34. The van der Waals surface area contributed by atoms with Crippen LogP contribution in [0.4, 0.5) is 0 Å². The van der Waals surface area contributed by atoms with Gasteiger partial charge in [0, 0.05) is 37.8 Å². The van der Waals surface area contributed by atoms with E-state index in [0.717, 1.165) is 19.1 Å². The number of hydrogen-bond donors (Lipinski definition) is 1. The van der Waals surface area contributed by atoms with Gasteiger partial charge in [-0.15, -0.1) is 0 Å². The molecule has 0 amide bonds. The summed E-state index contributed by atoms with van der Waals surface area (Å²) in [5.74, 6) is 0.786. The third kappa shape index (κ3) is 2.51. The molecular weight excluding hydrogens is 212 g/mol. The quantitative estimate of drug-likeness (QED) is 0.791. The summed E-state index contributed by atoms with van der Waals surface area (Å²) in [6.07, 6.45) is 6.88. The second-order valence-corrected chi connectivity index (χ2v) is 6.38. The van der Waals surface area contributed by atoms with Gasteiger partial charge in [-0.3, -0.25) is 4.90 Å². The fourth-order valence-corrected chi connectivity index (χ4v) is 3.78. The van der Waals surface area contributed by atoms with E-state index in [2.05, 4.69) is 17.1 Å². The van der Waals surface area contributed by atoms with E-state index in [1.54, 1.807) is 0 Å². The van der Waals surface area contributed by atoms with Crippen LogP contribution in [0.3, 0.4) is 0 Å². The van der Waals surface area contributed by atoms with Crippen LogP contribution in [0, 0.1) is 5.92 Å². The first kappa shape index (κ1) is 11.9. The molecule has 2 unspecified atom stereocenters. The third-order valence-electron chi connectivity index (χ3n) is 4.98. The molecule has 0 aromatic heterocycles. The van der Waals surface area contributed by atoms with Crippen molar-refractivity contribution in [3.8, 4) is 0 Å². The zero-order chi connectivity index (χ0) is 11.7. The van der Waals surface area contributed by atoms with Crippen molar-refractivity contribution in [2.45, 2.75) is 50.6 Å². The van der Waals surface area contributed by atoms with Crippen molar-refractivity contribution in [2.75, 3.05) is 32.8 Å². The Balaban J connectivity index is 1.60. The van der Waals surface area contributed by atoms with Crippen molar-refractivity contribution in [3.05, 3.63) is 0 Å². The Morgan fingerprint density at radius 1 is 1.35 bits per heavy atom. The van der Waals surface area contributed by atoms with Gasteiger partial charge in [0.15, 0.2) is 0 Å². The number of nitrogens with one attached hydrogen (secondary N) is 1. The summed E-state index contributed by atoms with van der Waals surface area (Å²) < 4.78 is 5.51. The molecule has 2 heterocycles. The lowest BCUT2D eigenvalue weighted by atomic mass is 9.91. The maximum Gasteiger partial charge on any atom is 0.0507 e. The summed E-state index contributed by atoms with van der Waals surface area (Å²) in [5.41, 5.74) is 0.464. The average molecular weight is 238 g/mol. The van der Waals surface area contributed by atoms with E-state index in [1.807, 2.05) is 0 Å². The average Bonchev–Trinajstić information content (AvgIpc) is 2.96. The van der Waals surface area contributed by atoms with Crippen molar-refractivity contribution in [3.63, 3.8) is 0 Å². The Labute approximate surface area is 105 Å². The molecule has 3 heteroatoms. The predicted octanol–water partition coefficient (Wildman–Crippen LogP) is 1.63. The zero-order valence-corrected chi connectivity index (χ0v) is 11.1. The normalized spacial score (nSPS) is 37.9. The molecule has 98 valence electrons. The van der Waals surface area contributed by atoms with E-state index < -0.39 is 0 Å². The summed E-state index contributed by atoms with van der Waals surface area (Å²) in [7, 11) is 0. The number of rotatable bonds is 2. The molecule has 2 saturated heterocycles. The molecule has 1 saturated carbocycles. The van der Waals surface area contributed by atoms with Crippen LogP contribution in [0.15, 0.2) is 0 Å². The lowest BCUT2D eigenvalue weighted by molar-refractivity contribution is 0.0706. The molecule has 17 heavy (non-hydrogen) atoms. The highest BCUT2D eigenvalue weighted by atomic mass is 16.5. The number of nitrogens with zero attached hydrogens (tertiary/aromatic N) is 1. The second kappa shape index (κ2) is 4.87. The van der Waals surface area contributed by atoms with Gasteiger partial charge in [0.1, 0.15) is 0 Å². The molecule has 1 N–H and O–H groups in total. The van der Waals surface area contributed by atoms with Crippen LogP contribution >= 0.6 is 0 Å². The zero-order valence-electron chi connectivity index (χ0n) is 11.1. The first-order valence-electron chi connectivity index (χ1n) is 7.34. The summed E-state index contributed by atoms with van der Waals surface area (Å²) in [6.45, 7) is 8.04. The monoisotopic (exact) mass is 238 g/mol.